The second-order valence-corrected chi connectivity index (χ2v) is 7.88. The summed E-state index contributed by atoms with van der Waals surface area (Å²) in [6, 6.07) is 17.0. The molecule has 27 heavy (non-hydrogen) atoms. The summed E-state index contributed by atoms with van der Waals surface area (Å²) in [5.41, 5.74) is 6.95. The molecule has 3 N–H and O–H groups in total. The summed E-state index contributed by atoms with van der Waals surface area (Å²) in [4.78, 5) is -0.180. The molecule has 0 fully saturated rings. The van der Waals surface area contributed by atoms with Gasteiger partial charge in [-0.1, -0.05) is 49.0 Å². The molecular weight excluding hydrogens is 362 g/mol. The summed E-state index contributed by atoms with van der Waals surface area (Å²) in [5.74, 6) is -0.333. The van der Waals surface area contributed by atoms with E-state index in [0.717, 1.165) is 5.56 Å². The van der Waals surface area contributed by atoms with Crippen LogP contribution in [0.15, 0.2) is 88.4 Å². The fourth-order valence-corrected chi connectivity index (χ4v) is 4.27. The summed E-state index contributed by atoms with van der Waals surface area (Å²) in [5, 5.41) is 18.0. The third-order valence-electron chi connectivity index (χ3n) is 4.10. The molecule has 3 rings (SSSR count). The first-order chi connectivity index (χ1) is 13.0. The number of fused-ring (bicyclic) bond motifs is 1. The molecule has 3 aromatic carbocycles. The predicted octanol–water partition coefficient (Wildman–Crippen LogP) is 4.07. The van der Waals surface area contributed by atoms with Crippen molar-refractivity contribution in [2.45, 2.75) is 16.8 Å². The molecule has 0 heterocycles. The molecule has 0 amide bonds. The van der Waals surface area contributed by atoms with Crippen molar-refractivity contribution >= 4 is 26.3 Å². The van der Waals surface area contributed by atoms with Crippen molar-refractivity contribution in [3.8, 4) is 5.75 Å². The first kappa shape index (κ1) is 18.8. The quantitative estimate of drug-likeness (QED) is 0.496. The largest absolute Gasteiger partial charge is 0.507 e. The number of phenols is 1. The topological polar surface area (TPSA) is 105 Å². The number of aromatic hydroxyl groups is 1. The van der Waals surface area contributed by atoms with E-state index in [2.05, 4.69) is 16.8 Å². The van der Waals surface area contributed by atoms with Crippen molar-refractivity contribution in [3.63, 3.8) is 0 Å². The van der Waals surface area contributed by atoms with E-state index in [9.17, 15) is 13.5 Å². The van der Waals surface area contributed by atoms with E-state index < -0.39 is 15.2 Å². The third-order valence-corrected chi connectivity index (χ3v) is 6.02. The normalized spacial score (nSPS) is 13.1. The van der Waals surface area contributed by atoms with Crippen LogP contribution in [0.1, 0.15) is 5.56 Å². The van der Waals surface area contributed by atoms with Crippen LogP contribution in [0.5, 0.6) is 5.75 Å². The van der Waals surface area contributed by atoms with Gasteiger partial charge in [0.2, 0.25) is 9.84 Å². The maximum absolute atomic E-state index is 13.1. The lowest BCUT2D eigenvalue weighted by Gasteiger charge is -2.13. The number of sulfone groups is 1. The highest BCUT2D eigenvalue weighted by Gasteiger charge is 2.29. The smallest absolute Gasteiger partial charge is 0.211 e. The minimum atomic E-state index is -4.05. The number of nitrogens with zero attached hydrogens (tertiary/aromatic N) is 2. The minimum Gasteiger partial charge on any atom is -0.507 e. The summed E-state index contributed by atoms with van der Waals surface area (Å²) in [7, 11) is -4.05. The van der Waals surface area contributed by atoms with Crippen molar-refractivity contribution in [3.05, 3.63) is 78.9 Å². The Balaban J connectivity index is 2.06. The molecule has 0 spiro atoms. The van der Waals surface area contributed by atoms with Crippen molar-refractivity contribution in [1.82, 2.24) is 0 Å². The van der Waals surface area contributed by atoms with E-state index in [0.29, 0.717) is 23.0 Å². The van der Waals surface area contributed by atoms with Crippen LogP contribution in [0.3, 0.4) is 0 Å². The molecule has 0 radical (unpaired) electrons. The van der Waals surface area contributed by atoms with Crippen LogP contribution in [0.25, 0.3) is 10.8 Å². The Morgan fingerprint density at radius 2 is 1.89 bits per heavy atom. The lowest BCUT2D eigenvalue weighted by molar-refractivity contribution is 0.460. The van der Waals surface area contributed by atoms with Gasteiger partial charge in [0.1, 0.15) is 10.6 Å². The standard InChI is InChI=1S/C20H19N3O3S/c1-2-19(23-22-16-8-5-6-14(12-16)13-21)27(25,26)20-17-9-4-3-7-15(17)10-11-18(20)24/h2-12,19,24H,1,13,21H2. The molecule has 1 unspecified atom stereocenters. The van der Waals surface area contributed by atoms with E-state index in [1.54, 1.807) is 48.5 Å². The number of rotatable bonds is 6. The van der Waals surface area contributed by atoms with E-state index in [-0.39, 0.29) is 10.6 Å². The number of phenolic OH excluding ortho intramolecular Hbond substituents is 1. The fourth-order valence-electron chi connectivity index (χ4n) is 2.76. The van der Waals surface area contributed by atoms with Crippen molar-refractivity contribution in [2.24, 2.45) is 16.0 Å². The Kier molecular flexibility index (Phi) is 5.34. The van der Waals surface area contributed by atoms with Gasteiger partial charge in [-0.15, -0.1) is 0 Å². The lowest BCUT2D eigenvalue weighted by Crippen LogP contribution is -2.17. The Labute approximate surface area is 157 Å². The van der Waals surface area contributed by atoms with Gasteiger partial charge in [0.15, 0.2) is 5.37 Å². The molecule has 0 aromatic heterocycles. The van der Waals surface area contributed by atoms with Gasteiger partial charge >= 0.3 is 0 Å². The number of benzene rings is 3. The molecule has 7 heteroatoms. The maximum atomic E-state index is 13.1. The van der Waals surface area contributed by atoms with Crippen LogP contribution < -0.4 is 5.73 Å². The zero-order chi connectivity index (χ0) is 19.4. The zero-order valence-electron chi connectivity index (χ0n) is 14.5. The third kappa shape index (κ3) is 3.74. The SMILES string of the molecule is C=CC(N=Nc1cccc(CN)c1)S(=O)(=O)c1c(O)ccc2ccccc12. The Morgan fingerprint density at radius 1 is 1.11 bits per heavy atom. The Bertz CT molecular complexity index is 1120. The van der Waals surface area contributed by atoms with E-state index >= 15 is 0 Å². The summed E-state index contributed by atoms with van der Waals surface area (Å²) in [6.07, 6.45) is 1.19. The van der Waals surface area contributed by atoms with Crippen LogP contribution in [0.4, 0.5) is 5.69 Å². The zero-order valence-corrected chi connectivity index (χ0v) is 15.3. The average Bonchev–Trinajstić information content (AvgIpc) is 2.68. The summed E-state index contributed by atoms with van der Waals surface area (Å²) < 4.78 is 26.3. The van der Waals surface area contributed by atoms with Crippen LogP contribution >= 0.6 is 0 Å². The van der Waals surface area contributed by atoms with Gasteiger partial charge in [-0.05, 0) is 35.2 Å². The Morgan fingerprint density at radius 3 is 2.63 bits per heavy atom. The summed E-state index contributed by atoms with van der Waals surface area (Å²) >= 11 is 0. The van der Waals surface area contributed by atoms with Gasteiger partial charge < -0.3 is 10.8 Å². The highest BCUT2D eigenvalue weighted by atomic mass is 32.2. The van der Waals surface area contributed by atoms with Gasteiger partial charge in [0.25, 0.3) is 0 Å². The predicted molar refractivity (Wildman–Crippen MR) is 106 cm³/mol. The van der Waals surface area contributed by atoms with E-state index in [1.165, 1.54) is 12.1 Å². The van der Waals surface area contributed by atoms with Crippen LogP contribution in [-0.2, 0) is 16.4 Å². The molecule has 6 nitrogen and oxygen atoms in total. The summed E-state index contributed by atoms with van der Waals surface area (Å²) in [6.45, 7) is 3.92. The Hall–Kier alpha value is -3.03. The molecular formula is C20H19N3O3S. The van der Waals surface area contributed by atoms with Crippen molar-refractivity contribution < 1.29 is 13.5 Å². The van der Waals surface area contributed by atoms with Gasteiger partial charge in [-0.25, -0.2) is 8.42 Å². The van der Waals surface area contributed by atoms with E-state index in [4.69, 9.17) is 5.73 Å². The highest BCUT2D eigenvalue weighted by Crippen LogP contribution is 2.34. The molecule has 0 aliphatic heterocycles. The monoisotopic (exact) mass is 381 g/mol. The number of hydrogen-bond donors (Lipinski definition) is 2. The van der Waals surface area contributed by atoms with Gasteiger partial charge in [0.05, 0.1) is 5.69 Å². The molecule has 0 aliphatic carbocycles. The first-order valence-electron chi connectivity index (χ1n) is 8.24. The van der Waals surface area contributed by atoms with Crippen LogP contribution in [0, 0.1) is 0 Å². The van der Waals surface area contributed by atoms with Gasteiger partial charge in [-0.3, -0.25) is 0 Å². The molecule has 0 saturated heterocycles. The number of nitrogens with two attached hydrogens (primary N) is 1. The lowest BCUT2D eigenvalue weighted by atomic mass is 10.1. The minimum absolute atomic E-state index is 0.180. The van der Waals surface area contributed by atoms with Gasteiger partial charge in [0, 0.05) is 11.9 Å². The average molecular weight is 381 g/mol. The molecule has 0 aliphatic rings. The van der Waals surface area contributed by atoms with Gasteiger partial charge in [-0.2, -0.15) is 10.2 Å². The highest BCUT2D eigenvalue weighted by molar-refractivity contribution is 7.92. The second-order valence-electron chi connectivity index (χ2n) is 5.90. The molecule has 3 aromatic rings. The molecule has 0 saturated carbocycles. The number of azo groups is 1. The van der Waals surface area contributed by atoms with Crippen molar-refractivity contribution in [1.29, 1.82) is 0 Å². The number of hydrogen-bond acceptors (Lipinski definition) is 6. The molecule has 138 valence electrons. The first-order valence-corrected chi connectivity index (χ1v) is 9.79. The maximum Gasteiger partial charge on any atom is 0.211 e. The van der Waals surface area contributed by atoms with Crippen LogP contribution in [-0.4, -0.2) is 18.9 Å². The fraction of sp³-hybridized carbons (Fsp3) is 0.100. The molecule has 0 bridgehead atoms. The van der Waals surface area contributed by atoms with Crippen LogP contribution in [0.2, 0.25) is 0 Å². The molecule has 1 atom stereocenters. The van der Waals surface area contributed by atoms with Crippen molar-refractivity contribution in [2.75, 3.05) is 0 Å². The van der Waals surface area contributed by atoms with E-state index in [1.807, 2.05) is 6.07 Å². The second kappa shape index (κ2) is 7.69.